The van der Waals surface area contributed by atoms with Gasteiger partial charge in [-0.3, -0.25) is 9.97 Å². The van der Waals surface area contributed by atoms with Crippen LogP contribution in [-0.4, -0.2) is 24.8 Å². The summed E-state index contributed by atoms with van der Waals surface area (Å²) in [6.45, 7) is 2.07. The molecular weight excluding hydrogens is 406 g/mol. The molecule has 0 bridgehead atoms. The average Bonchev–Trinajstić information content (AvgIpc) is 3.35. The lowest BCUT2D eigenvalue weighted by Crippen LogP contribution is -2.30. The van der Waals surface area contributed by atoms with E-state index in [4.69, 9.17) is 12.2 Å². The van der Waals surface area contributed by atoms with E-state index in [-0.39, 0.29) is 17.8 Å². The number of para-hydroxylation sites is 2. The van der Waals surface area contributed by atoms with Gasteiger partial charge in [0, 0.05) is 23.8 Å². The molecule has 2 atom stereocenters. The molecule has 6 nitrogen and oxygen atoms in total. The molecule has 1 aromatic carbocycles. The van der Waals surface area contributed by atoms with E-state index in [9.17, 15) is 5.11 Å². The Morgan fingerprint density at radius 2 is 1.81 bits per heavy atom. The van der Waals surface area contributed by atoms with Gasteiger partial charge in [0.05, 0.1) is 29.3 Å². The molecule has 5 rings (SSSR count). The summed E-state index contributed by atoms with van der Waals surface area (Å²) in [5, 5.41) is 14.6. The highest BCUT2D eigenvalue weighted by Crippen LogP contribution is 2.44. The molecular formula is C24H21N5OS. The lowest BCUT2D eigenvalue weighted by atomic mass is 10.0. The van der Waals surface area contributed by atoms with Crippen molar-refractivity contribution in [2.24, 2.45) is 0 Å². The molecule has 0 spiro atoms. The molecule has 0 saturated carbocycles. The number of nitrogens with one attached hydrogen (secondary N) is 1. The Morgan fingerprint density at radius 3 is 2.55 bits per heavy atom. The molecule has 1 fully saturated rings. The van der Waals surface area contributed by atoms with Gasteiger partial charge in [0.15, 0.2) is 5.11 Å². The van der Waals surface area contributed by atoms with Gasteiger partial charge in [-0.25, -0.2) is 0 Å². The second-order valence-electron chi connectivity index (χ2n) is 7.43. The van der Waals surface area contributed by atoms with Crippen LogP contribution in [-0.2, 0) is 0 Å². The normalized spacial score (nSPS) is 18.2. The van der Waals surface area contributed by atoms with Gasteiger partial charge in [0.2, 0.25) is 0 Å². The highest BCUT2D eigenvalue weighted by Gasteiger charge is 2.43. The zero-order valence-corrected chi connectivity index (χ0v) is 17.7. The average molecular weight is 428 g/mol. The van der Waals surface area contributed by atoms with Crippen LogP contribution in [0.25, 0.3) is 5.69 Å². The molecule has 3 aromatic heterocycles. The minimum atomic E-state index is -0.232. The summed E-state index contributed by atoms with van der Waals surface area (Å²) >= 11 is 5.76. The number of aromatic nitrogens is 3. The number of phenols is 1. The Kier molecular flexibility index (Phi) is 4.88. The second kappa shape index (κ2) is 7.85. The molecule has 1 aliphatic rings. The minimum Gasteiger partial charge on any atom is -0.506 e. The van der Waals surface area contributed by atoms with E-state index in [0.717, 1.165) is 22.8 Å². The number of pyridine rings is 2. The van der Waals surface area contributed by atoms with Gasteiger partial charge in [-0.2, -0.15) is 0 Å². The minimum absolute atomic E-state index is 0.175. The van der Waals surface area contributed by atoms with Gasteiger partial charge in [-0.15, -0.1) is 0 Å². The van der Waals surface area contributed by atoms with Crippen molar-refractivity contribution in [3.8, 4) is 11.4 Å². The Morgan fingerprint density at radius 1 is 0.968 bits per heavy atom. The van der Waals surface area contributed by atoms with Crippen LogP contribution in [0.5, 0.6) is 5.75 Å². The van der Waals surface area contributed by atoms with E-state index < -0.39 is 0 Å². The smallest absolute Gasteiger partial charge is 0.174 e. The van der Waals surface area contributed by atoms with Crippen molar-refractivity contribution in [3.05, 3.63) is 102 Å². The van der Waals surface area contributed by atoms with Gasteiger partial charge in [-0.1, -0.05) is 18.2 Å². The first kappa shape index (κ1) is 19.3. The van der Waals surface area contributed by atoms with Crippen molar-refractivity contribution in [1.29, 1.82) is 0 Å². The molecule has 0 aliphatic carbocycles. The summed E-state index contributed by atoms with van der Waals surface area (Å²) in [7, 11) is 0. The summed E-state index contributed by atoms with van der Waals surface area (Å²) in [6, 6.07) is 20.8. The molecule has 31 heavy (non-hydrogen) atoms. The zero-order valence-electron chi connectivity index (χ0n) is 16.9. The fraction of sp³-hybridized carbons (Fsp3) is 0.125. The number of phenolic OH excluding ortho intramolecular Hbond substituents is 1. The van der Waals surface area contributed by atoms with Crippen molar-refractivity contribution < 1.29 is 5.11 Å². The molecule has 1 saturated heterocycles. The monoisotopic (exact) mass is 427 g/mol. The predicted octanol–water partition coefficient (Wildman–Crippen LogP) is 4.46. The number of benzene rings is 1. The lowest BCUT2D eigenvalue weighted by Gasteiger charge is -2.29. The third-order valence-corrected chi connectivity index (χ3v) is 5.87. The molecule has 4 aromatic rings. The molecule has 0 radical (unpaired) electrons. The number of hydrogen-bond donors (Lipinski definition) is 2. The highest BCUT2D eigenvalue weighted by molar-refractivity contribution is 7.80. The molecule has 4 heterocycles. The molecule has 154 valence electrons. The van der Waals surface area contributed by atoms with Crippen LogP contribution >= 0.6 is 12.2 Å². The first-order valence-electron chi connectivity index (χ1n) is 10.0. The number of aryl methyl sites for hydroxylation is 1. The van der Waals surface area contributed by atoms with Gasteiger partial charge in [0.1, 0.15) is 11.8 Å². The SMILES string of the molecule is Cc1ccc([C@@H]2[C@@H](c3ccccn3)NC(=S)N2c2ccccc2O)n1-c1cccnc1. The maximum Gasteiger partial charge on any atom is 0.174 e. The van der Waals surface area contributed by atoms with Gasteiger partial charge in [0.25, 0.3) is 0 Å². The highest BCUT2D eigenvalue weighted by atomic mass is 32.1. The van der Waals surface area contributed by atoms with E-state index in [1.165, 1.54) is 0 Å². The fourth-order valence-corrected chi connectivity index (χ4v) is 4.55. The van der Waals surface area contributed by atoms with Crippen LogP contribution in [0.3, 0.4) is 0 Å². The van der Waals surface area contributed by atoms with E-state index in [1.54, 1.807) is 24.5 Å². The van der Waals surface area contributed by atoms with Crippen LogP contribution in [0, 0.1) is 6.92 Å². The Hall–Kier alpha value is -3.71. The number of aromatic hydroxyl groups is 1. The van der Waals surface area contributed by atoms with Gasteiger partial charge in [-0.05, 0) is 67.7 Å². The third-order valence-electron chi connectivity index (χ3n) is 5.55. The third kappa shape index (κ3) is 3.33. The number of nitrogens with zero attached hydrogens (tertiary/aromatic N) is 4. The maximum absolute atomic E-state index is 10.6. The van der Waals surface area contributed by atoms with E-state index in [0.29, 0.717) is 10.8 Å². The van der Waals surface area contributed by atoms with Crippen molar-refractivity contribution in [2.45, 2.75) is 19.0 Å². The predicted molar refractivity (Wildman–Crippen MR) is 124 cm³/mol. The largest absolute Gasteiger partial charge is 0.506 e. The number of thiocarbonyl (C=S) groups is 1. The molecule has 2 N–H and O–H groups in total. The number of anilines is 1. The summed E-state index contributed by atoms with van der Waals surface area (Å²) in [6.07, 6.45) is 5.39. The molecule has 0 unspecified atom stereocenters. The molecule has 1 aliphatic heterocycles. The summed E-state index contributed by atoms with van der Waals surface area (Å²) in [5.74, 6) is 0.175. The first-order chi connectivity index (χ1) is 15.1. The van der Waals surface area contributed by atoms with Crippen LogP contribution in [0.1, 0.15) is 29.2 Å². The lowest BCUT2D eigenvalue weighted by molar-refractivity contribution is 0.472. The summed E-state index contributed by atoms with van der Waals surface area (Å²) in [4.78, 5) is 10.9. The summed E-state index contributed by atoms with van der Waals surface area (Å²) in [5.41, 5.74) is 4.61. The number of rotatable bonds is 4. The van der Waals surface area contributed by atoms with Crippen LogP contribution < -0.4 is 10.2 Å². The van der Waals surface area contributed by atoms with Gasteiger partial charge >= 0.3 is 0 Å². The molecule has 0 amide bonds. The summed E-state index contributed by atoms with van der Waals surface area (Å²) < 4.78 is 2.18. The van der Waals surface area contributed by atoms with Crippen molar-refractivity contribution in [1.82, 2.24) is 19.9 Å². The standard InChI is InChI=1S/C24H21N5OS/c1-16-11-12-20(28(16)17-7-6-13-25-15-17)23-22(18-8-4-5-14-26-18)27-24(31)29(23)19-9-2-3-10-21(19)30/h2-15,22-23,30H,1H3,(H,27,31)/t22-,23-/m1/s1. The Balaban J connectivity index is 1.72. The van der Waals surface area contributed by atoms with Crippen LogP contribution in [0.2, 0.25) is 0 Å². The number of hydrogen-bond acceptors (Lipinski definition) is 4. The van der Waals surface area contributed by atoms with Gasteiger partial charge < -0.3 is 19.9 Å². The Labute approximate surface area is 185 Å². The van der Waals surface area contributed by atoms with Crippen molar-refractivity contribution in [3.63, 3.8) is 0 Å². The van der Waals surface area contributed by atoms with Crippen molar-refractivity contribution in [2.75, 3.05) is 4.90 Å². The topological polar surface area (TPSA) is 66.2 Å². The quantitative estimate of drug-likeness (QED) is 0.469. The Bertz CT molecular complexity index is 1230. The maximum atomic E-state index is 10.6. The fourth-order valence-electron chi connectivity index (χ4n) is 4.21. The zero-order chi connectivity index (χ0) is 21.4. The van der Waals surface area contributed by atoms with Crippen LogP contribution in [0.15, 0.2) is 85.3 Å². The van der Waals surface area contributed by atoms with Crippen molar-refractivity contribution >= 4 is 23.0 Å². The van der Waals surface area contributed by atoms with E-state index in [1.807, 2.05) is 53.6 Å². The first-order valence-corrected chi connectivity index (χ1v) is 10.4. The van der Waals surface area contributed by atoms with E-state index >= 15 is 0 Å². The molecule has 7 heteroatoms. The van der Waals surface area contributed by atoms with Crippen LogP contribution in [0.4, 0.5) is 5.69 Å². The second-order valence-corrected chi connectivity index (χ2v) is 7.82. The van der Waals surface area contributed by atoms with E-state index in [2.05, 4.69) is 38.9 Å².